The lowest BCUT2D eigenvalue weighted by atomic mass is 10.1. The number of pyridine rings is 1. The predicted octanol–water partition coefficient (Wildman–Crippen LogP) is 2.80. The van der Waals surface area contributed by atoms with Crippen LogP contribution < -0.4 is 10.1 Å². The van der Waals surface area contributed by atoms with Crippen LogP contribution in [-0.4, -0.2) is 28.2 Å². The quantitative estimate of drug-likeness (QED) is 0.802. The van der Waals surface area contributed by atoms with E-state index in [0.717, 1.165) is 11.3 Å². The van der Waals surface area contributed by atoms with Crippen molar-refractivity contribution in [3.05, 3.63) is 66.5 Å². The van der Waals surface area contributed by atoms with Crippen LogP contribution in [0.1, 0.15) is 10.5 Å². The highest BCUT2D eigenvalue weighted by Gasteiger charge is 2.08. The molecule has 3 rings (SSSR count). The van der Waals surface area contributed by atoms with E-state index in [9.17, 15) is 4.79 Å². The van der Waals surface area contributed by atoms with Gasteiger partial charge in [-0.2, -0.15) is 0 Å². The van der Waals surface area contributed by atoms with Crippen LogP contribution in [0.25, 0.3) is 11.3 Å². The molecular formula is C17H14N4O2. The minimum Gasteiger partial charge on any atom is -0.497 e. The molecule has 0 unspecified atom stereocenters. The summed E-state index contributed by atoms with van der Waals surface area (Å²) in [6, 6.07) is 16.1. The molecule has 0 saturated heterocycles. The molecule has 2 heterocycles. The summed E-state index contributed by atoms with van der Waals surface area (Å²) >= 11 is 0. The van der Waals surface area contributed by atoms with Crippen molar-refractivity contribution < 1.29 is 9.53 Å². The first-order valence-corrected chi connectivity index (χ1v) is 6.97. The van der Waals surface area contributed by atoms with E-state index in [1.807, 2.05) is 24.3 Å². The van der Waals surface area contributed by atoms with Gasteiger partial charge in [0.2, 0.25) is 0 Å². The Morgan fingerprint density at radius 2 is 1.96 bits per heavy atom. The molecule has 0 aliphatic rings. The summed E-state index contributed by atoms with van der Waals surface area (Å²) in [7, 11) is 1.61. The van der Waals surface area contributed by atoms with E-state index in [2.05, 4.69) is 20.5 Å². The van der Waals surface area contributed by atoms with Gasteiger partial charge in [-0.15, -0.1) is 10.2 Å². The van der Waals surface area contributed by atoms with Gasteiger partial charge in [0, 0.05) is 11.8 Å². The maximum absolute atomic E-state index is 12.0. The Bertz CT molecular complexity index is 804. The fourth-order valence-electron chi connectivity index (χ4n) is 2.01. The SMILES string of the molecule is COc1cccc(-c2ccc(NC(=O)c3ccccn3)nn2)c1. The number of benzene rings is 1. The largest absolute Gasteiger partial charge is 0.497 e. The Morgan fingerprint density at radius 3 is 2.65 bits per heavy atom. The smallest absolute Gasteiger partial charge is 0.275 e. The lowest BCUT2D eigenvalue weighted by Crippen LogP contribution is -2.14. The van der Waals surface area contributed by atoms with Gasteiger partial charge in [0.25, 0.3) is 5.91 Å². The zero-order valence-corrected chi connectivity index (χ0v) is 12.4. The summed E-state index contributed by atoms with van der Waals surface area (Å²) in [5, 5.41) is 10.8. The first-order chi connectivity index (χ1) is 11.3. The van der Waals surface area contributed by atoms with Gasteiger partial charge in [0.15, 0.2) is 5.82 Å². The van der Waals surface area contributed by atoms with E-state index in [4.69, 9.17) is 4.74 Å². The second kappa shape index (κ2) is 6.65. The number of hydrogen-bond acceptors (Lipinski definition) is 5. The molecule has 2 aromatic heterocycles. The first-order valence-electron chi connectivity index (χ1n) is 6.97. The van der Waals surface area contributed by atoms with Crippen LogP contribution in [0.15, 0.2) is 60.8 Å². The molecule has 0 fully saturated rings. The molecule has 0 bridgehead atoms. The number of carbonyl (C=O) groups excluding carboxylic acids is 1. The van der Waals surface area contributed by atoms with E-state index >= 15 is 0 Å². The van der Waals surface area contributed by atoms with Crippen LogP contribution >= 0.6 is 0 Å². The first kappa shape index (κ1) is 14.6. The monoisotopic (exact) mass is 306 g/mol. The maximum atomic E-state index is 12.0. The van der Waals surface area contributed by atoms with Crippen LogP contribution in [0, 0.1) is 0 Å². The molecular weight excluding hydrogens is 292 g/mol. The van der Waals surface area contributed by atoms with Gasteiger partial charge in [-0.05, 0) is 36.4 Å². The van der Waals surface area contributed by atoms with E-state index in [0.29, 0.717) is 17.2 Å². The molecule has 0 aliphatic heterocycles. The summed E-state index contributed by atoms with van der Waals surface area (Å²) < 4.78 is 5.19. The Balaban J connectivity index is 1.75. The predicted molar refractivity (Wildman–Crippen MR) is 86.2 cm³/mol. The normalized spacial score (nSPS) is 10.1. The molecule has 0 radical (unpaired) electrons. The third-order valence-corrected chi connectivity index (χ3v) is 3.17. The molecule has 3 aromatic rings. The average Bonchev–Trinajstić information content (AvgIpc) is 2.63. The van der Waals surface area contributed by atoms with E-state index in [-0.39, 0.29) is 5.91 Å². The van der Waals surface area contributed by atoms with Gasteiger partial charge in [0.05, 0.1) is 12.8 Å². The van der Waals surface area contributed by atoms with Crippen LogP contribution in [0.2, 0.25) is 0 Å². The van der Waals surface area contributed by atoms with Crippen molar-refractivity contribution in [1.82, 2.24) is 15.2 Å². The summed E-state index contributed by atoms with van der Waals surface area (Å²) in [5.41, 5.74) is 1.91. The average molecular weight is 306 g/mol. The van der Waals surface area contributed by atoms with Crippen molar-refractivity contribution in [3.8, 4) is 17.0 Å². The number of carbonyl (C=O) groups is 1. The molecule has 6 nitrogen and oxygen atoms in total. The molecule has 0 saturated carbocycles. The molecule has 6 heteroatoms. The number of ether oxygens (including phenoxy) is 1. The van der Waals surface area contributed by atoms with Gasteiger partial charge >= 0.3 is 0 Å². The molecule has 0 atom stereocenters. The maximum Gasteiger partial charge on any atom is 0.275 e. The summed E-state index contributed by atoms with van der Waals surface area (Å²) in [4.78, 5) is 16.0. The van der Waals surface area contributed by atoms with Gasteiger partial charge in [-0.25, -0.2) is 0 Å². The van der Waals surface area contributed by atoms with Gasteiger partial charge in [-0.1, -0.05) is 18.2 Å². The van der Waals surface area contributed by atoms with Crippen molar-refractivity contribution in [1.29, 1.82) is 0 Å². The third kappa shape index (κ3) is 3.49. The fraction of sp³-hybridized carbons (Fsp3) is 0.0588. The van der Waals surface area contributed by atoms with E-state index in [1.54, 1.807) is 43.6 Å². The minimum atomic E-state index is -0.325. The lowest BCUT2D eigenvalue weighted by molar-refractivity contribution is 0.102. The molecule has 114 valence electrons. The molecule has 0 aliphatic carbocycles. The Labute approximate surface area is 133 Å². The van der Waals surface area contributed by atoms with Crippen LogP contribution in [0.5, 0.6) is 5.75 Å². The number of aromatic nitrogens is 3. The van der Waals surface area contributed by atoms with Gasteiger partial charge < -0.3 is 10.1 Å². The van der Waals surface area contributed by atoms with Crippen molar-refractivity contribution in [2.24, 2.45) is 0 Å². The standard InChI is InChI=1S/C17H14N4O2/c1-23-13-6-4-5-12(11-13)14-8-9-16(21-20-14)19-17(22)15-7-2-3-10-18-15/h2-11H,1H3,(H,19,21,22). The van der Waals surface area contributed by atoms with Crippen LogP contribution in [0.3, 0.4) is 0 Å². The highest BCUT2D eigenvalue weighted by molar-refractivity contribution is 6.02. The number of methoxy groups -OCH3 is 1. The number of rotatable bonds is 4. The number of anilines is 1. The highest BCUT2D eigenvalue weighted by atomic mass is 16.5. The Morgan fingerprint density at radius 1 is 1.04 bits per heavy atom. The van der Waals surface area contributed by atoms with Crippen LogP contribution in [-0.2, 0) is 0 Å². The third-order valence-electron chi connectivity index (χ3n) is 3.17. The van der Waals surface area contributed by atoms with Gasteiger partial charge in [0.1, 0.15) is 11.4 Å². The number of hydrogen-bond donors (Lipinski definition) is 1. The van der Waals surface area contributed by atoms with E-state index < -0.39 is 0 Å². The van der Waals surface area contributed by atoms with Crippen LogP contribution in [0.4, 0.5) is 5.82 Å². The Kier molecular flexibility index (Phi) is 4.24. The molecule has 1 N–H and O–H groups in total. The zero-order valence-electron chi connectivity index (χ0n) is 12.4. The summed E-state index contributed by atoms with van der Waals surface area (Å²) in [6.07, 6.45) is 1.56. The van der Waals surface area contributed by atoms with Crippen molar-refractivity contribution in [2.45, 2.75) is 0 Å². The Hall–Kier alpha value is -3.28. The summed E-state index contributed by atoms with van der Waals surface area (Å²) in [5.74, 6) is 0.790. The molecule has 0 spiro atoms. The second-order valence-electron chi connectivity index (χ2n) is 4.70. The summed E-state index contributed by atoms with van der Waals surface area (Å²) in [6.45, 7) is 0. The second-order valence-corrected chi connectivity index (χ2v) is 4.70. The topological polar surface area (TPSA) is 77.0 Å². The van der Waals surface area contributed by atoms with Crippen molar-refractivity contribution in [2.75, 3.05) is 12.4 Å². The number of amides is 1. The minimum absolute atomic E-state index is 0.325. The number of nitrogens with one attached hydrogen (secondary N) is 1. The fourth-order valence-corrected chi connectivity index (χ4v) is 2.01. The van der Waals surface area contributed by atoms with Crippen molar-refractivity contribution in [3.63, 3.8) is 0 Å². The molecule has 1 amide bonds. The highest BCUT2D eigenvalue weighted by Crippen LogP contribution is 2.22. The molecule has 1 aromatic carbocycles. The number of nitrogens with zero attached hydrogens (tertiary/aromatic N) is 3. The zero-order chi connectivity index (χ0) is 16.1. The van der Waals surface area contributed by atoms with E-state index in [1.165, 1.54) is 0 Å². The lowest BCUT2D eigenvalue weighted by Gasteiger charge is -2.05. The molecule has 23 heavy (non-hydrogen) atoms. The van der Waals surface area contributed by atoms with Gasteiger partial charge in [-0.3, -0.25) is 9.78 Å². The van der Waals surface area contributed by atoms with Crippen molar-refractivity contribution >= 4 is 11.7 Å².